The summed E-state index contributed by atoms with van der Waals surface area (Å²) in [5, 5.41) is 0. The van der Waals surface area contributed by atoms with Crippen LogP contribution in [0.2, 0.25) is 0 Å². The fourth-order valence-corrected chi connectivity index (χ4v) is 3.36. The highest BCUT2D eigenvalue weighted by molar-refractivity contribution is 5.87. The first-order chi connectivity index (χ1) is 12.3. The highest BCUT2D eigenvalue weighted by Gasteiger charge is 2.29. The molecule has 0 saturated carbocycles. The summed E-state index contributed by atoms with van der Waals surface area (Å²) in [7, 11) is 1.70. The number of amides is 1. The van der Waals surface area contributed by atoms with Crippen molar-refractivity contribution in [2.45, 2.75) is 5.92 Å². The van der Waals surface area contributed by atoms with Crippen LogP contribution in [-0.2, 0) is 4.74 Å². The Morgan fingerprint density at radius 2 is 1.52 bits per heavy atom. The molecule has 1 aromatic heterocycles. The number of carbonyl (C=O) groups excluding carboxylic acids is 1. The lowest BCUT2D eigenvalue weighted by Gasteiger charge is -2.19. The summed E-state index contributed by atoms with van der Waals surface area (Å²) in [4.78, 5) is 17.9. The minimum absolute atomic E-state index is 0.0715. The molecule has 0 saturated heterocycles. The summed E-state index contributed by atoms with van der Waals surface area (Å²) in [5.74, 6) is 0.0715. The van der Waals surface area contributed by atoms with Crippen LogP contribution in [0, 0.1) is 0 Å². The van der Waals surface area contributed by atoms with Crippen molar-refractivity contribution in [1.29, 1.82) is 0 Å². The zero-order chi connectivity index (χ0) is 17.2. The predicted molar refractivity (Wildman–Crippen MR) is 97.7 cm³/mol. The van der Waals surface area contributed by atoms with Crippen LogP contribution in [0.15, 0.2) is 73.1 Å². The third kappa shape index (κ3) is 2.76. The number of hydrogen-bond acceptors (Lipinski definition) is 3. The Bertz CT molecular complexity index is 863. The van der Waals surface area contributed by atoms with E-state index >= 15 is 0 Å². The maximum absolute atomic E-state index is 12.4. The first-order valence-electron chi connectivity index (χ1n) is 8.24. The molecule has 1 aliphatic rings. The van der Waals surface area contributed by atoms with E-state index in [2.05, 4.69) is 29.2 Å². The largest absolute Gasteiger partial charge is 0.448 e. The van der Waals surface area contributed by atoms with Gasteiger partial charge >= 0.3 is 6.09 Å². The SMILES string of the molecule is CN(C(=O)OCC1c2ccccc2-c2ccccc21)c1ccncc1. The molecular formula is C21H18N2O2. The highest BCUT2D eigenvalue weighted by atomic mass is 16.6. The van der Waals surface area contributed by atoms with Crippen molar-refractivity contribution in [2.24, 2.45) is 0 Å². The fourth-order valence-electron chi connectivity index (χ4n) is 3.36. The number of aromatic nitrogens is 1. The molecule has 0 bridgehead atoms. The third-order valence-corrected chi connectivity index (χ3v) is 4.66. The van der Waals surface area contributed by atoms with Crippen LogP contribution in [-0.4, -0.2) is 24.7 Å². The van der Waals surface area contributed by atoms with E-state index in [-0.39, 0.29) is 12.0 Å². The van der Waals surface area contributed by atoms with Crippen LogP contribution >= 0.6 is 0 Å². The maximum Gasteiger partial charge on any atom is 0.414 e. The van der Waals surface area contributed by atoms with Gasteiger partial charge in [-0.05, 0) is 34.4 Å². The smallest absolute Gasteiger partial charge is 0.414 e. The molecule has 2 aromatic carbocycles. The van der Waals surface area contributed by atoms with Crippen LogP contribution in [0.5, 0.6) is 0 Å². The van der Waals surface area contributed by atoms with Gasteiger partial charge in [-0.2, -0.15) is 0 Å². The molecule has 0 N–H and O–H groups in total. The number of anilines is 1. The monoisotopic (exact) mass is 330 g/mol. The zero-order valence-corrected chi connectivity index (χ0v) is 13.9. The van der Waals surface area contributed by atoms with Crippen LogP contribution in [0.4, 0.5) is 10.5 Å². The molecule has 4 heteroatoms. The summed E-state index contributed by atoms with van der Waals surface area (Å²) < 4.78 is 5.62. The molecule has 0 unspecified atom stereocenters. The van der Waals surface area contributed by atoms with E-state index < -0.39 is 0 Å². The van der Waals surface area contributed by atoms with Gasteiger partial charge in [0.05, 0.1) is 0 Å². The Labute approximate surface area is 146 Å². The van der Waals surface area contributed by atoms with Gasteiger partial charge in [-0.25, -0.2) is 4.79 Å². The fraction of sp³-hybridized carbons (Fsp3) is 0.143. The van der Waals surface area contributed by atoms with Crippen molar-refractivity contribution in [3.05, 3.63) is 84.2 Å². The standard InChI is InChI=1S/C21H18N2O2/c1-23(15-10-12-22-13-11-15)21(24)25-14-20-18-8-4-2-6-16(18)17-7-3-5-9-19(17)20/h2-13,20H,14H2,1H3. The molecule has 1 amide bonds. The zero-order valence-electron chi connectivity index (χ0n) is 13.9. The van der Waals surface area contributed by atoms with Gasteiger partial charge in [0.25, 0.3) is 0 Å². The van der Waals surface area contributed by atoms with Crippen molar-refractivity contribution < 1.29 is 9.53 Å². The van der Waals surface area contributed by atoms with Crippen molar-refractivity contribution in [3.8, 4) is 11.1 Å². The Kier molecular flexibility index (Phi) is 3.94. The van der Waals surface area contributed by atoms with Crippen LogP contribution in [0.3, 0.4) is 0 Å². The molecule has 0 radical (unpaired) electrons. The molecule has 1 aliphatic carbocycles. The second kappa shape index (κ2) is 6.40. The number of pyridine rings is 1. The second-order valence-corrected chi connectivity index (χ2v) is 6.07. The predicted octanol–water partition coefficient (Wildman–Crippen LogP) is 4.47. The number of carbonyl (C=O) groups is 1. The minimum Gasteiger partial charge on any atom is -0.448 e. The Balaban J connectivity index is 1.54. The van der Waals surface area contributed by atoms with Gasteiger partial charge in [0.2, 0.25) is 0 Å². The molecule has 0 aliphatic heterocycles. The number of rotatable bonds is 3. The maximum atomic E-state index is 12.4. The summed E-state index contributed by atoms with van der Waals surface area (Å²) in [6.45, 7) is 0.322. The normalized spacial score (nSPS) is 12.4. The van der Waals surface area contributed by atoms with Gasteiger partial charge in [0.1, 0.15) is 6.61 Å². The van der Waals surface area contributed by atoms with E-state index in [1.54, 1.807) is 31.6 Å². The quantitative estimate of drug-likeness (QED) is 0.712. The molecular weight excluding hydrogens is 312 g/mol. The van der Waals surface area contributed by atoms with E-state index in [0.717, 1.165) is 5.69 Å². The van der Waals surface area contributed by atoms with Crippen molar-refractivity contribution >= 4 is 11.8 Å². The third-order valence-electron chi connectivity index (χ3n) is 4.66. The van der Waals surface area contributed by atoms with Gasteiger partial charge in [0.15, 0.2) is 0 Å². The van der Waals surface area contributed by atoms with Gasteiger partial charge in [0, 0.05) is 31.0 Å². The average molecular weight is 330 g/mol. The molecule has 1 heterocycles. The lowest BCUT2D eigenvalue weighted by atomic mass is 9.98. The minimum atomic E-state index is -0.368. The van der Waals surface area contributed by atoms with Gasteiger partial charge in [-0.1, -0.05) is 48.5 Å². The lowest BCUT2D eigenvalue weighted by Crippen LogP contribution is -2.28. The average Bonchev–Trinajstić information content (AvgIpc) is 3.00. The highest BCUT2D eigenvalue weighted by Crippen LogP contribution is 2.44. The molecule has 3 aromatic rings. The number of nitrogens with zero attached hydrogens (tertiary/aromatic N) is 2. The number of ether oxygens (including phenoxy) is 1. The summed E-state index contributed by atoms with van der Waals surface area (Å²) in [6, 6.07) is 20.2. The molecule has 25 heavy (non-hydrogen) atoms. The molecule has 4 nitrogen and oxygen atoms in total. The summed E-state index contributed by atoms with van der Waals surface area (Å²) in [6.07, 6.45) is 2.94. The molecule has 0 spiro atoms. The molecule has 0 fully saturated rings. The summed E-state index contributed by atoms with van der Waals surface area (Å²) >= 11 is 0. The first-order valence-corrected chi connectivity index (χ1v) is 8.24. The van der Waals surface area contributed by atoms with Crippen LogP contribution in [0.25, 0.3) is 11.1 Å². The molecule has 0 atom stereocenters. The van der Waals surface area contributed by atoms with Crippen LogP contribution in [0.1, 0.15) is 17.0 Å². The van der Waals surface area contributed by atoms with E-state index in [0.29, 0.717) is 6.61 Å². The number of fused-ring (bicyclic) bond motifs is 3. The molecule has 4 rings (SSSR count). The van der Waals surface area contributed by atoms with Gasteiger partial charge < -0.3 is 4.74 Å². The Hall–Kier alpha value is -3.14. The van der Waals surface area contributed by atoms with Crippen LogP contribution < -0.4 is 4.90 Å². The van der Waals surface area contributed by atoms with E-state index in [9.17, 15) is 4.79 Å². The van der Waals surface area contributed by atoms with Gasteiger partial charge in [-0.15, -0.1) is 0 Å². The Morgan fingerprint density at radius 3 is 2.12 bits per heavy atom. The van der Waals surface area contributed by atoms with Gasteiger partial charge in [-0.3, -0.25) is 9.88 Å². The Morgan fingerprint density at radius 1 is 0.960 bits per heavy atom. The van der Waals surface area contributed by atoms with Crippen molar-refractivity contribution in [2.75, 3.05) is 18.6 Å². The topological polar surface area (TPSA) is 42.4 Å². The molecule has 124 valence electrons. The first kappa shape index (κ1) is 15.4. The summed E-state index contributed by atoms with van der Waals surface area (Å²) in [5.41, 5.74) is 5.63. The van der Waals surface area contributed by atoms with E-state index in [1.165, 1.54) is 27.2 Å². The van der Waals surface area contributed by atoms with E-state index in [1.807, 2.05) is 24.3 Å². The van der Waals surface area contributed by atoms with E-state index in [4.69, 9.17) is 4.74 Å². The van der Waals surface area contributed by atoms with Crippen molar-refractivity contribution in [3.63, 3.8) is 0 Å². The number of benzene rings is 2. The van der Waals surface area contributed by atoms with Crippen molar-refractivity contribution in [1.82, 2.24) is 4.98 Å². The second-order valence-electron chi connectivity index (χ2n) is 6.07. The number of hydrogen-bond donors (Lipinski definition) is 0. The lowest BCUT2D eigenvalue weighted by molar-refractivity contribution is 0.152.